The van der Waals surface area contributed by atoms with E-state index in [1.165, 1.54) is 24.1 Å². The van der Waals surface area contributed by atoms with Gasteiger partial charge < -0.3 is 10.2 Å². The smallest absolute Gasteiger partial charge is 0.321 e. The normalized spacial score (nSPS) is 22.9. The van der Waals surface area contributed by atoms with Gasteiger partial charge >= 0.3 is 6.03 Å². The van der Waals surface area contributed by atoms with Gasteiger partial charge in [-0.15, -0.1) is 0 Å². The number of carbonyl (C=O) groups excluding carboxylic acids is 1. The van der Waals surface area contributed by atoms with Crippen molar-refractivity contribution in [1.82, 2.24) is 9.80 Å². The summed E-state index contributed by atoms with van der Waals surface area (Å²) >= 11 is 0. The van der Waals surface area contributed by atoms with Gasteiger partial charge in [0.05, 0.1) is 0 Å². The summed E-state index contributed by atoms with van der Waals surface area (Å²) in [4.78, 5) is 17.1. The molecule has 2 amide bonds. The molecule has 3 aliphatic heterocycles. The van der Waals surface area contributed by atoms with Crippen molar-refractivity contribution in [2.24, 2.45) is 5.92 Å². The van der Waals surface area contributed by atoms with E-state index >= 15 is 0 Å². The molecule has 0 radical (unpaired) electrons. The minimum Gasteiger partial charge on any atom is -0.323 e. The van der Waals surface area contributed by atoms with Crippen LogP contribution >= 0.6 is 0 Å². The topological polar surface area (TPSA) is 35.6 Å². The molecule has 5 heteroatoms. The fourth-order valence-electron chi connectivity index (χ4n) is 4.13. The maximum atomic E-state index is 13.3. The number of benzene rings is 2. The summed E-state index contributed by atoms with van der Waals surface area (Å²) in [7, 11) is 0. The summed E-state index contributed by atoms with van der Waals surface area (Å²) in [6, 6.07) is 16.8. The van der Waals surface area contributed by atoms with E-state index in [9.17, 15) is 9.18 Å². The van der Waals surface area contributed by atoms with Crippen LogP contribution in [0.1, 0.15) is 18.4 Å². The van der Waals surface area contributed by atoms with Crippen molar-refractivity contribution in [3.63, 3.8) is 0 Å². The summed E-state index contributed by atoms with van der Waals surface area (Å²) in [6.45, 7) is 3.46. The first kappa shape index (κ1) is 17.0. The summed E-state index contributed by atoms with van der Waals surface area (Å²) in [5.74, 6) is 0.156. The highest BCUT2D eigenvalue weighted by Crippen LogP contribution is 2.29. The minimum atomic E-state index is -0.340. The molecule has 2 aromatic carbocycles. The van der Waals surface area contributed by atoms with Gasteiger partial charge in [-0.25, -0.2) is 9.18 Å². The predicted octanol–water partition coefficient (Wildman–Crippen LogP) is 3.95. The highest BCUT2D eigenvalue weighted by atomic mass is 19.1. The Morgan fingerprint density at radius 1 is 1.04 bits per heavy atom. The zero-order valence-electron chi connectivity index (χ0n) is 14.8. The van der Waals surface area contributed by atoms with Crippen molar-refractivity contribution in [2.75, 3.05) is 25.0 Å². The zero-order chi connectivity index (χ0) is 17.9. The Morgan fingerprint density at radius 2 is 1.88 bits per heavy atom. The number of hydrogen-bond donors (Lipinski definition) is 1. The van der Waals surface area contributed by atoms with Crippen molar-refractivity contribution in [3.05, 3.63) is 66.0 Å². The van der Waals surface area contributed by atoms with Crippen LogP contribution in [0.25, 0.3) is 0 Å². The zero-order valence-corrected chi connectivity index (χ0v) is 14.8. The van der Waals surface area contributed by atoms with Crippen molar-refractivity contribution >= 4 is 11.7 Å². The Balaban J connectivity index is 1.43. The molecule has 3 aliphatic rings. The number of hydrogen-bond acceptors (Lipinski definition) is 2. The summed E-state index contributed by atoms with van der Waals surface area (Å²) in [6.07, 6.45) is 2.29. The molecular formula is C21H24FN3O. The maximum absolute atomic E-state index is 13.3. The first-order valence-corrected chi connectivity index (χ1v) is 9.27. The number of carbonyl (C=O) groups is 1. The number of nitrogens with one attached hydrogen (secondary N) is 1. The highest BCUT2D eigenvalue weighted by Gasteiger charge is 2.36. The molecule has 136 valence electrons. The number of halogens is 1. The Labute approximate surface area is 153 Å². The maximum Gasteiger partial charge on any atom is 0.321 e. The molecule has 2 atom stereocenters. The van der Waals surface area contributed by atoms with Gasteiger partial charge in [-0.2, -0.15) is 0 Å². The lowest BCUT2D eigenvalue weighted by Crippen LogP contribution is -2.44. The molecule has 3 fully saturated rings. The lowest BCUT2D eigenvalue weighted by molar-refractivity contribution is 0.124. The molecule has 0 saturated carbocycles. The van der Waals surface area contributed by atoms with Gasteiger partial charge in [0.1, 0.15) is 5.82 Å². The van der Waals surface area contributed by atoms with Crippen LogP contribution in [0, 0.1) is 11.7 Å². The molecule has 2 bridgehead atoms. The van der Waals surface area contributed by atoms with Crippen LogP contribution in [0.3, 0.4) is 0 Å². The van der Waals surface area contributed by atoms with Crippen molar-refractivity contribution in [3.8, 4) is 0 Å². The Hall–Kier alpha value is -2.40. The van der Waals surface area contributed by atoms with E-state index in [0.717, 1.165) is 32.6 Å². The molecule has 0 spiro atoms. The van der Waals surface area contributed by atoms with Crippen LogP contribution in [-0.2, 0) is 6.54 Å². The lowest BCUT2D eigenvalue weighted by Gasteiger charge is -2.36. The van der Waals surface area contributed by atoms with E-state index in [1.54, 1.807) is 12.1 Å². The van der Waals surface area contributed by atoms with Crippen molar-refractivity contribution in [2.45, 2.75) is 25.4 Å². The number of anilines is 1. The van der Waals surface area contributed by atoms with E-state index in [-0.39, 0.29) is 11.8 Å². The van der Waals surface area contributed by atoms with Crippen molar-refractivity contribution < 1.29 is 9.18 Å². The number of rotatable bonds is 3. The first-order chi connectivity index (χ1) is 12.7. The SMILES string of the molecule is O=C(Nc1cccc(F)c1)N1C[C@@H]2CC[C@H](C1)N(Cc1ccccc1)C2. The highest BCUT2D eigenvalue weighted by molar-refractivity contribution is 5.89. The fraction of sp³-hybridized carbons (Fsp3) is 0.381. The van der Waals surface area contributed by atoms with Crippen molar-refractivity contribution in [1.29, 1.82) is 0 Å². The van der Waals surface area contributed by atoms with E-state index in [2.05, 4.69) is 34.5 Å². The van der Waals surface area contributed by atoms with Crippen LogP contribution in [0.2, 0.25) is 0 Å². The second kappa shape index (κ2) is 7.46. The molecule has 3 saturated heterocycles. The van der Waals surface area contributed by atoms with Gasteiger partial charge in [0.25, 0.3) is 0 Å². The second-order valence-electron chi connectivity index (χ2n) is 7.36. The number of amides is 2. The average Bonchev–Trinajstić information content (AvgIpc) is 2.95. The first-order valence-electron chi connectivity index (χ1n) is 9.27. The van der Waals surface area contributed by atoms with Crippen LogP contribution in [0.4, 0.5) is 14.9 Å². The van der Waals surface area contributed by atoms with Crippen LogP contribution in [0.15, 0.2) is 54.6 Å². The van der Waals surface area contributed by atoms with Gasteiger partial charge in [0.15, 0.2) is 0 Å². The Bertz CT molecular complexity index is 767. The second-order valence-corrected chi connectivity index (χ2v) is 7.36. The third-order valence-electron chi connectivity index (χ3n) is 5.42. The molecule has 3 heterocycles. The minimum absolute atomic E-state index is 0.130. The third kappa shape index (κ3) is 3.88. The number of piperidine rings is 1. The summed E-state index contributed by atoms with van der Waals surface area (Å²) in [5.41, 5.74) is 1.82. The number of urea groups is 1. The van der Waals surface area contributed by atoms with E-state index < -0.39 is 0 Å². The fourth-order valence-corrected chi connectivity index (χ4v) is 4.13. The van der Waals surface area contributed by atoms with Gasteiger partial charge in [-0.1, -0.05) is 36.4 Å². The van der Waals surface area contributed by atoms with Gasteiger partial charge in [-0.3, -0.25) is 4.90 Å². The van der Waals surface area contributed by atoms with Crippen LogP contribution in [-0.4, -0.2) is 41.5 Å². The monoisotopic (exact) mass is 353 g/mol. The Morgan fingerprint density at radius 3 is 2.69 bits per heavy atom. The van der Waals surface area contributed by atoms with Gasteiger partial charge in [-0.05, 0) is 42.5 Å². The van der Waals surface area contributed by atoms with E-state index in [1.807, 2.05) is 11.0 Å². The summed E-state index contributed by atoms with van der Waals surface area (Å²) in [5, 5.41) is 2.84. The van der Waals surface area contributed by atoms with Gasteiger partial charge in [0.2, 0.25) is 0 Å². The largest absolute Gasteiger partial charge is 0.323 e. The third-order valence-corrected chi connectivity index (χ3v) is 5.42. The quantitative estimate of drug-likeness (QED) is 0.907. The van der Waals surface area contributed by atoms with Gasteiger partial charge in [0, 0.05) is 37.9 Å². The Kier molecular flexibility index (Phi) is 4.89. The molecule has 5 rings (SSSR count). The molecule has 0 unspecified atom stereocenters. The molecular weight excluding hydrogens is 329 g/mol. The summed E-state index contributed by atoms with van der Waals surface area (Å²) < 4.78 is 13.3. The lowest BCUT2D eigenvalue weighted by atomic mass is 9.94. The van der Waals surface area contributed by atoms with E-state index in [4.69, 9.17) is 0 Å². The van der Waals surface area contributed by atoms with Crippen LogP contribution < -0.4 is 5.32 Å². The molecule has 2 aromatic rings. The number of nitrogens with zero attached hydrogens (tertiary/aromatic N) is 2. The number of fused-ring (bicyclic) bond motifs is 4. The molecule has 1 N–H and O–H groups in total. The molecule has 0 aromatic heterocycles. The molecule has 4 nitrogen and oxygen atoms in total. The predicted molar refractivity (Wildman–Crippen MR) is 100 cm³/mol. The molecule has 26 heavy (non-hydrogen) atoms. The van der Waals surface area contributed by atoms with E-state index in [0.29, 0.717) is 17.6 Å². The average molecular weight is 353 g/mol. The molecule has 0 aliphatic carbocycles. The standard InChI is InChI=1S/C21H24FN3O/c22-18-7-4-8-19(11-18)23-21(26)25-14-17-9-10-20(15-25)24(13-17)12-16-5-2-1-3-6-16/h1-8,11,17,20H,9-10,12-15H2,(H,23,26)/t17-,20-/m1/s1. The van der Waals surface area contributed by atoms with Crippen LogP contribution in [0.5, 0.6) is 0 Å².